The first-order chi connectivity index (χ1) is 6.94. The summed E-state index contributed by atoms with van der Waals surface area (Å²) in [5.74, 6) is 0.278. The molecule has 4 nitrogen and oxygen atoms in total. The predicted octanol–water partition coefficient (Wildman–Crippen LogP) is 2.13. The van der Waals surface area contributed by atoms with E-state index in [0.29, 0.717) is 5.82 Å². The highest BCUT2D eigenvalue weighted by Crippen LogP contribution is 2.17. The van der Waals surface area contributed by atoms with Crippen LogP contribution in [0.2, 0.25) is 0 Å². The number of nitrogens with zero attached hydrogens (tertiary/aromatic N) is 1. The van der Waals surface area contributed by atoms with Gasteiger partial charge in [0.1, 0.15) is 5.82 Å². The van der Waals surface area contributed by atoms with Gasteiger partial charge in [0.25, 0.3) is 0 Å². The van der Waals surface area contributed by atoms with Crippen LogP contribution >= 0.6 is 27.5 Å². The van der Waals surface area contributed by atoms with E-state index in [1.807, 2.05) is 0 Å². The Balaban J connectivity index is 2.90. The molecule has 0 radical (unpaired) electrons. The maximum atomic E-state index is 11.4. The van der Waals surface area contributed by atoms with Gasteiger partial charge in [0, 0.05) is 16.5 Å². The molecular weight excluding hydrogens is 304 g/mol. The molecule has 1 heterocycles. The van der Waals surface area contributed by atoms with E-state index in [1.165, 1.54) is 6.20 Å². The molecule has 0 spiro atoms. The largest absolute Gasteiger partial charge is 0.267 e. The minimum Gasteiger partial charge on any atom is -0.267 e. The number of nitrogens with one attached hydrogen (secondary N) is 1. The van der Waals surface area contributed by atoms with E-state index >= 15 is 0 Å². The first-order valence-corrected chi connectivity index (χ1v) is 7.11. The maximum absolute atomic E-state index is 11.4. The van der Waals surface area contributed by atoms with Crippen LogP contribution in [0, 0.1) is 6.92 Å². The molecule has 1 N–H and O–H groups in total. The lowest BCUT2D eigenvalue weighted by molar-refractivity contribution is 0.602. The fourth-order valence-corrected chi connectivity index (χ4v) is 2.82. The van der Waals surface area contributed by atoms with Crippen molar-refractivity contribution in [3.63, 3.8) is 0 Å². The van der Waals surface area contributed by atoms with Crippen molar-refractivity contribution in [3.8, 4) is 0 Å². The second-order valence-corrected chi connectivity index (χ2v) is 6.06. The van der Waals surface area contributed by atoms with Gasteiger partial charge in [0.2, 0.25) is 10.0 Å². The Hall–Kier alpha value is -0.330. The van der Waals surface area contributed by atoms with Crippen LogP contribution < -0.4 is 4.72 Å². The van der Waals surface area contributed by atoms with Crippen molar-refractivity contribution in [3.05, 3.63) is 22.3 Å². The Morgan fingerprint density at radius 1 is 1.60 bits per heavy atom. The molecule has 1 aromatic rings. The zero-order valence-corrected chi connectivity index (χ0v) is 11.2. The smallest absolute Gasteiger partial charge is 0.235 e. The highest BCUT2D eigenvalue weighted by molar-refractivity contribution is 9.10. The fourth-order valence-electron chi connectivity index (χ4n) is 0.947. The predicted molar refractivity (Wildman–Crippen MR) is 64.8 cm³/mol. The average molecular weight is 314 g/mol. The number of aryl methyl sites for hydroxylation is 1. The molecule has 0 bridgehead atoms. The zero-order valence-electron chi connectivity index (χ0n) is 8.00. The van der Waals surface area contributed by atoms with Gasteiger partial charge in [0.15, 0.2) is 0 Å². The molecule has 0 fully saturated rings. The highest BCUT2D eigenvalue weighted by Gasteiger charge is 2.11. The Morgan fingerprint density at radius 2 is 2.27 bits per heavy atom. The number of anilines is 1. The van der Waals surface area contributed by atoms with Crippen LogP contribution in [0.15, 0.2) is 16.7 Å². The van der Waals surface area contributed by atoms with Crippen LogP contribution in [-0.4, -0.2) is 25.0 Å². The van der Waals surface area contributed by atoms with Gasteiger partial charge in [0.05, 0.1) is 5.75 Å². The number of hydrogen-bond acceptors (Lipinski definition) is 3. The molecule has 0 aromatic carbocycles. The summed E-state index contributed by atoms with van der Waals surface area (Å²) in [5, 5.41) is 0. The van der Waals surface area contributed by atoms with E-state index in [1.54, 1.807) is 13.0 Å². The summed E-state index contributed by atoms with van der Waals surface area (Å²) in [7, 11) is -3.38. The van der Waals surface area contributed by atoms with E-state index in [9.17, 15) is 8.42 Å². The first-order valence-electron chi connectivity index (χ1n) is 4.13. The molecular formula is C8H10BrClN2O2S. The molecule has 1 aromatic heterocycles. The highest BCUT2D eigenvalue weighted by atomic mass is 79.9. The normalized spacial score (nSPS) is 11.4. The second kappa shape index (κ2) is 5.14. The Bertz CT molecular complexity index is 450. The molecule has 7 heteroatoms. The van der Waals surface area contributed by atoms with Gasteiger partial charge >= 0.3 is 0 Å². The average Bonchev–Trinajstić information content (AvgIpc) is 2.09. The van der Waals surface area contributed by atoms with Gasteiger partial charge in [-0.2, -0.15) is 0 Å². The zero-order chi connectivity index (χ0) is 11.5. The Labute approximate surface area is 102 Å². The summed E-state index contributed by atoms with van der Waals surface area (Å²) in [6, 6.07) is 1.78. The number of alkyl halides is 1. The van der Waals surface area contributed by atoms with Crippen molar-refractivity contribution in [2.75, 3.05) is 16.4 Å². The number of halogens is 2. The van der Waals surface area contributed by atoms with Crippen molar-refractivity contribution in [1.82, 2.24) is 4.98 Å². The number of rotatable bonds is 4. The summed E-state index contributed by atoms with van der Waals surface area (Å²) in [5.41, 5.74) is 0.752. The van der Waals surface area contributed by atoms with E-state index in [2.05, 4.69) is 25.6 Å². The summed E-state index contributed by atoms with van der Waals surface area (Å²) in [6.45, 7) is 1.77. The van der Waals surface area contributed by atoms with E-state index in [-0.39, 0.29) is 11.6 Å². The molecule has 1 rings (SSSR count). The van der Waals surface area contributed by atoms with Crippen molar-refractivity contribution in [2.24, 2.45) is 0 Å². The molecule has 0 aliphatic rings. The van der Waals surface area contributed by atoms with Crippen molar-refractivity contribution in [1.29, 1.82) is 0 Å². The quantitative estimate of drug-likeness (QED) is 0.866. The van der Waals surface area contributed by atoms with Crippen LogP contribution in [0.3, 0.4) is 0 Å². The summed E-state index contributed by atoms with van der Waals surface area (Å²) in [6.07, 6.45) is 1.53. The molecule has 0 amide bonds. The molecule has 0 unspecified atom stereocenters. The van der Waals surface area contributed by atoms with E-state index in [0.717, 1.165) is 10.0 Å². The third kappa shape index (κ3) is 3.96. The molecule has 0 saturated carbocycles. The van der Waals surface area contributed by atoms with Crippen LogP contribution in [0.5, 0.6) is 0 Å². The fraction of sp³-hybridized carbons (Fsp3) is 0.375. The minimum atomic E-state index is -3.38. The van der Waals surface area contributed by atoms with E-state index in [4.69, 9.17) is 11.6 Å². The molecule has 84 valence electrons. The molecule has 0 aliphatic heterocycles. The lowest BCUT2D eigenvalue weighted by Gasteiger charge is -2.08. The lowest BCUT2D eigenvalue weighted by atomic mass is 10.3. The van der Waals surface area contributed by atoms with Gasteiger partial charge in [-0.3, -0.25) is 4.72 Å². The Kier molecular flexibility index (Phi) is 4.36. The van der Waals surface area contributed by atoms with Gasteiger partial charge in [-0.05, 0) is 34.5 Å². The maximum Gasteiger partial charge on any atom is 0.235 e. The van der Waals surface area contributed by atoms with Crippen molar-refractivity contribution < 1.29 is 8.42 Å². The molecule has 0 atom stereocenters. The molecule has 0 aliphatic carbocycles. The van der Waals surface area contributed by atoms with Crippen molar-refractivity contribution >= 4 is 43.4 Å². The van der Waals surface area contributed by atoms with E-state index < -0.39 is 10.0 Å². The third-order valence-corrected chi connectivity index (χ3v) is 3.74. The second-order valence-electron chi connectivity index (χ2n) is 2.93. The van der Waals surface area contributed by atoms with Gasteiger partial charge in [-0.15, -0.1) is 11.6 Å². The number of aromatic nitrogens is 1. The first kappa shape index (κ1) is 12.7. The van der Waals surface area contributed by atoms with Gasteiger partial charge < -0.3 is 0 Å². The van der Waals surface area contributed by atoms with Crippen molar-refractivity contribution in [2.45, 2.75) is 6.92 Å². The Morgan fingerprint density at radius 3 is 2.80 bits per heavy atom. The summed E-state index contributed by atoms with van der Waals surface area (Å²) < 4.78 is 26.0. The number of hydrogen-bond donors (Lipinski definition) is 1. The van der Waals surface area contributed by atoms with Crippen LogP contribution in [0.1, 0.15) is 5.56 Å². The molecule has 0 saturated heterocycles. The van der Waals surface area contributed by atoms with Crippen LogP contribution in [0.25, 0.3) is 0 Å². The monoisotopic (exact) mass is 312 g/mol. The number of pyridine rings is 1. The standard InChI is InChI=1S/C8H10BrClN2O2S/c1-6-4-7(9)5-11-8(6)12-15(13,14)3-2-10/h4-5H,2-3H2,1H3,(H,11,12). The van der Waals surface area contributed by atoms with Gasteiger partial charge in [-0.25, -0.2) is 13.4 Å². The summed E-state index contributed by atoms with van der Waals surface area (Å²) >= 11 is 8.62. The van der Waals surface area contributed by atoms with Gasteiger partial charge in [-0.1, -0.05) is 0 Å². The minimum absolute atomic E-state index is 0.0604. The van der Waals surface area contributed by atoms with Crippen LogP contribution in [0.4, 0.5) is 5.82 Å². The van der Waals surface area contributed by atoms with Crippen LogP contribution in [-0.2, 0) is 10.0 Å². The summed E-state index contributed by atoms with van der Waals surface area (Å²) in [4.78, 5) is 3.97. The third-order valence-electron chi connectivity index (χ3n) is 1.64. The SMILES string of the molecule is Cc1cc(Br)cnc1NS(=O)(=O)CCCl. The topological polar surface area (TPSA) is 59.1 Å². The molecule has 15 heavy (non-hydrogen) atoms. The lowest BCUT2D eigenvalue weighted by Crippen LogP contribution is -2.18. The number of sulfonamides is 1.